The summed E-state index contributed by atoms with van der Waals surface area (Å²) in [6.07, 6.45) is 0. The smallest absolute Gasteiger partial charge is 0.338 e. The molecule has 6 nitrogen and oxygen atoms in total. The topological polar surface area (TPSA) is 98.7 Å². The largest absolute Gasteiger partial charge is 0.478 e. The van der Waals surface area contributed by atoms with E-state index in [9.17, 15) is 14.7 Å². The summed E-state index contributed by atoms with van der Waals surface area (Å²) < 4.78 is 0. The van der Waals surface area contributed by atoms with E-state index >= 15 is 0 Å². The molecule has 1 rings (SSSR count). The zero-order valence-electron chi connectivity index (χ0n) is 12.0. The Morgan fingerprint density at radius 3 is 2.40 bits per heavy atom. The molecule has 1 aromatic heterocycles. The van der Waals surface area contributed by atoms with Gasteiger partial charge in [-0.2, -0.15) is 0 Å². The lowest BCUT2D eigenvalue weighted by molar-refractivity contribution is 0.0697. The molecular weight excluding hydrogens is 280 g/mol. The maximum atomic E-state index is 11.8. The number of aliphatic hydroxyl groups excluding tert-OH is 1. The van der Waals surface area contributed by atoms with Crippen LogP contribution in [0.15, 0.2) is 0 Å². The molecular formula is C13H20N2O4S. The van der Waals surface area contributed by atoms with Crippen LogP contribution in [0.2, 0.25) is 0 Å². The summed E-state index contributed by atoms with van der Waals surface area (Å²) in [5.41, 5.74) is 0.792. The summed E-state index contributed by atoms with van der Waals surface area (Å²) in [4.78, 5) is 23.9. The lowest BCUT2D eigenvalue weighted by Crippen LogP contribution is -2.40. The van der Waals surface area contributed by atoms with Crippen LogP contribution in [0.3, 0.4) is 0 Å². The number of aliphatic hydroxyl groups is 1. The predicted molar refractivity (Wildman–Crippen MR) is 78.6 cm³/mol. The van der Waals surface area contributed by atoms with Crippen LogP contribution < -0.4 is 10.6 Å². The Morgan fingerprint density at radius 1 is 1.30 bits per heavy atom. The number of carboxylic acid groups (broad SMARTS) is 1. The molecule has 1 heterocycles. The van der Waals surface area contributed by atoms with E-state index in [0.29, 0.717) is 10.6 Å². The normalized spacial score (nSPS) is 13.7. The van der Waals surface area contributed by atoms with Crippen molar-refractivity contribution in [1.29, 1.82) is 0 Å². The first-order chi connectivity index (χ1) is 9.27. The summed E-state index contributed by atoms with van der Waals surface area (Å²) >= 11 is 1.24. The van der Waals surface area contributed by atoms with Crippen molar-refractivity contribution in [2.45, 2.75) is 33.7 Å². The molecule has 7 heteroatoms. The number of amides is 2. The molecule has 112 valence electrons. The third-order valence-corrected chi connectivity index (χ3v) is 4.45. The van der Waals surface area contributed by atoms with E-state index in [0.717, 1.165) is 4.88 Å². The third-order valence-electron chi connectivity index (χ3n) is 3.33. The molecule has 0 saturated carbocycles. The van der Waals surface area contributed by atoms with Gasteiger partial charge in [-0.25, -0.2) is 9.59 Å². The Balaban J connectivity index is 2.81. The zero-order chi connectivity index (χ0) is 15.4. The average molecular weight is 300 g/mol. The third kappa shape index (κ3) is 3.71. The summed E-state index contributed by atoms with van der Waals surface area (Å²) in [7, 11) is 0. The van der Waals surface area contributed by atoms with Crippen molar-refractivity contribution in [2.75, 3.05) is 11.9 Å². The molecule has 0 aliphatic heterocycles. The van der Waals surface area contributed by atoms with E-state index in [-0.39, 0.29) is 24.1 Å². The maximum absolute atomic E-state index is 11.8. The van der Waals surface area contributed by atoms with Crippen molar-refractivity contribution in [3.8, 4) is 0 Å². The monoisotopic (exact) mass is 300 g/mol. The van der Waals surface area contributed by atoms with Crippen LogP contribution in [0.25, 0.3) is 0 Å². The predicted octanol–water partition coefficient (Wildman–Crippen LogP) is 2.20. The molecule has 0 aliphatic rings. The van der Waals surface area contributed by atoms with Crippen molar-refractivity contribution in [3.05, 3.63) is 16.0 Å². The molecule has 0 radical (unpaired) electrons. The van der Waals surface area contributed by atoms with Gasteiger partial charge in [0.1, 0.15) is 5.00 Å². The number of thiophene rings is 1. The van der Waals surface area contributed by atoms with E-state index in [1.54, 1.807) is 13.8 Å². The summed E-state index contributed by atoms with van der Waals surface area (Å²) in [6.45, 7) is 7.09. The van der Waals surface area contributed by atoms with Gasteiger partial charge in [0.25, 0.3) is 0 Å². The number of rotatable bonds is 5. The quantitative estimate of drug-likeness (QED) is 0.670. The second-order valence-corrected chi connectivity index (χ2v) is 6.06. The van der Waals surface area contributed by atoms with Gasteiger partial charge in [0, 0.05) is 17.5 Å². The highest BCUT2D eigenvalue weighted by Gasteiger charge is 2.21. The number of hydrogen-bond acceptors (Lipinski definition) is 4. The van der Waals surface area contributed by atoms with Gasteiger partial charge >= 0.3 is 12.0 Å². The number of carboxylic acids is 1. The van der Waals surface area contributed by atoms with Crippen LogP contribution in [0.5, 0.6) is 0 Å². The van der Waals surface area contributed by atoms with E-state index < -0.39 is 12.0 Å². The van der Waals surface area contributed by atoms with Gasteiger partial charge in [-0.15, -0.1) is 11.3 Å². The molecule has 2 amide bonds. The first-order valence-electron chi connectivity index (χ1n) is 6.29. The molecule has 0 bridgehead atoms. The second kappa shape index (κ2) is 6.71. The Bertz CT molecular complexity index is 513. The van der Waals surface area contributed by atoms with Crippen molar-refractivity contribution in [1.82, 2.24) is 5.32 Å². The van der Waals surface area contributed by atoms with Crippen LogP contribution >= 0.6 is 11.3 Å². The fourth-order valence-corrected chi connectivity index (χ4v) is 2.67. The van der Waals surface area contributed by atoms with Crippen LogP contribution in [-0.2, 0) is 0 Å². The van der Waals surface area contributed by atoms with E-state index in [2.05, 4.69) is 10.6 Å². The fourth-order valence-electron chi connectivity index (χ4n) is 1.62. The van der Waals surface area contributed by atoms with E-state index in [1.807, 2.05) is 13.8 Å². The minimum absolute atomic E-state index is 0.0287. The van der Waals surface area contributed by atoms with Gasteiger partial charge < -0.3 is 15.5 Å². The number of hydrogen-bond donors (Lipinski definition) is 4. The Morgan fingerprint density at radius 2 is 1.90 bits per heavy atom. The number of carbonyl (C=O) groups excluding carboxylic acids is 1. The molecule has 0 aliphatic carbocycles. The highest BCUT2D eigenvalue weighted by Crippen LogP contribution is 2.32. The molecule has 0 aromatic carbocycles. The summed E-state index contributed by atoms with van der Waals surface area (Å²) in [5.74, 6) is -1.13. The van der Waals surface area contributed by atoms with Gasteiger partial charge in [0.2, 0.25) is 0 Å². The van der Waals surface area contributed by atoms with Crippen LogP contribution in [0.4, 0.5) is 9.80 Å². The highest BCUT2D eigenvalue weighted by molar-refractivity contribution is 7.16. The summed E-state index contributed by atoms with van der Waals surface area (Å²) in [6, 6.07) is -0.683. The zero-order valence-corrected chi connectivity index (χ0v) is 12.8. The van der Waals surface area contributed by atoms with Crippen LogP contribution in [0, 0.1) is 19.8 Å². The van der Waals surface area contributed by atoms with Crippen molar-refractivity contribution >= 4 is 28.3 Å². The first-order valence-corrected chi connectivity index (χ1v) is 7.11. The molecule has 0 fully saturated rings. The summed E-state index contributed by atoms with van der Waals surface area (Å²) in [5, 5.41) is 23.8. The molecule has 0 spiro atoms. The molecule has 2 atom stereocenters. The first kappa shape index (κ1) is 16.5. The number of aromatic carboxylic acids is 1. The van der Waals surface area contributed by atoms with Gasteiger partial charge in [-0.1, -0.05) is 6.92 Å². The van der Waals surface area contributed by atoms with Crippen LogP contribution in [0.1, 0.15) is 34.6 Å². The minimum atomic E-state index is -1.06. The standard InChI is InChI=1S/C13H20N2O4S/c1-6(5-16)8(3)14-13(19)15-11-10(12(17)18)7(2)9(4)20-11/h6,8,16H,5H2,1-4H3,(H,17,18)(H2,14,15,19). The Kier molecular flexibility index (Phi) is 5.52. The van der Waals surface area contributed by atoms with Gasteiger partial charge in [-0.05, 0) is 32.3 Å². The SMILES string of the molecule is Cc1sc(NC(=O)NC(C)C(C)CO)c(C(=O)O)c1C. The molecule has 1 aromatic rings. The highest BCUT2D eigenvalue weighted by atomic mass is 32.1. The number of nitrogens with one attached hydrogen (secondary N) is 2. The van der Waals surface area contributed by atoms with Crippen molar-refractivity contribution < 1.29 is 19.8 Å². The Labute approximate surface area is 121 Å². The molecule has 2 unspecified atom stereocenters. The van der Waals surface area contributed by atoms with Gasteiger partial charge in [0.15, 0.2) is 0 Å². The molecule has 0 saturated heterocycles. The maximum Gasteiger partial charge on any atom is 0.338 e. The van der Waals surface area contributed by atoms with Crippen LogP contribution in [-0.4, -0.2) is 34.9 Å². The average Bonchev–Trinajstić information content (AvgIpc) is 2.63. The molecule has 4 N–H and O–H groups in total. The van der Waals surface area contributed by atoms with E-state index in [1.165, 1.54) is 11.3 Å². The van der Waals surface area contributed by atoms with Gasteiger partial charge in [-0.3, -0.25) is 5.32 Å². The lowest BCUT2D eigenvalue weighted by atomic mass is 10.1. The second-order valence-electron chi connectivity index (χ2n) is 4.84. The lowest BCUT2D eigenvalue weighted by Gasteiger charge is -2.19. The Hall–Kier alpha value is -1.60. The minimum Gasteiger partial charge on any atom is -0.478 e. The number of aryl methyl sites for hydroxylation is 1. The fraction of sp³-hybridized carbons (Fsp3) is 0.538. The number of urea groups is 1. The van der Waals surface area contributed by atoms with Crippen molar-refractivity contribution in [3.63, 3.8) is 0 Å². The van der Waals surface area contributed by atoms with Gasteiger partial charge in [0.05, 0.1) is 5.56 Å². The van der Waals surface area contributed by atoms with E-state index in [4.69, 9.17) is 5.11 Å². The molecule has 20 heavy (non-hydrogen) atoms. The van der Waals surface area contributed by atoms with Crippen molar-refractivity contribution in [2.24, 2.45) is 5.92 Å². The number of anilines is 1. The number of carbonyl (C=O) groups is 2.